The molecule has 2 heterocycles. The number of methoxy groups -OCH3 is 1. The van der Waals surface area contributed by atoms with E-state index in [1.54, 1.807) is 48.3 Å². The van der Waals surface area contributed by atoms with E-state index in [2.05, 4.69) is 10.4 Å². The highest BCUT2D eigenvalue weighted by Crippen LogP contribution is 2.31. The van der Waals surface area contributed by atoms with Crippen LogP contribution >= 0.6 is 0 Å². The molecule has 2 aromatic rings. The second kappa shape index (κ2) is 6.74. The van der Waals surface area contributed by atoms with Gasteiger partial charge in [-0.1, -0.05) is 18.2 Å². The minimum Gasteiger partial charge on any atom is -0.383 e. The first-order chi connectivity index (χ1) is 11.5. The van der Waals surface area contributed by atoms with Crippen molar-refractivity contribution in [2.24, 2.45) is 0 Å². The predicted molar refractivity (Wildman–Crippen MR) is 87.4 cm³/mol. The Morgan fingerprint density at radius 2 is 2.17 bits per heavy atom. The molecular weight excluding hydrogens is 330 g/mol. The van der Waals surface area contributed by atoms with E-state index in [0.717, 1.165) is 0 Å². The molecule has 24 heavy (non-hydrogen) atoms. The molecule has 1 aromatic carbocycles. The number of carbonyl (C=O) groups is 1. The standard InChI is InChI=1S/C16H19N3O4S/c1-23-10-9-19-8-6-14(18-19)16(20)17-13-7-11-24(21,22)15-5-3-2-4-12(13)15/h2-6,8,13H,7,9-11H2,1H3,(H,17,20)/t13-/m1/s1. The average Bonchev–Trinajstić information content (AvgIpc) is 3.05. The molecule has 1 aromatic heterocycles. The summed E-state index contributed by atoms with van der Waals surface area (Å²) in [6.45, 7) is 1.07. The van der Waals surface area contributed by atoms with Crippen LogP contribution in [0.5, 0.6) is 0 Å². The van der Waals surface area contributed by atoms with E-state index < -0.39 is 9.84 Å². The third-order valence-electron chi connectivity index (χ3n) is 4.01. The Morgan fingerprint density at radius 1 is 1.38 bits per heavy atom. The topological polar surface area (TPSA) is 90.3 Å². The second-order valence-corrected chi connectivity index (χ2v) is 7.71. The average molecular weight is 349 g/mol. The van der Waals surface area contributed by atoms with Crippen molar-refractivity contribution in [2.45, 2.75) is 23.9 Å². The van der Waals surface area contributed by atoms with Crippen molar-refractivity contribution in [3.05, 3.63) is 47.8 Å². The van der Waals surface area contributed by atoms with E-state index in [1.165, 1.54) is 0 Å². The second-order valence-electron chi connectivity index (χ2n) is 5.63. The van der Waals surface area contributed by atoms with Crippen molar-refractivity contribution in [3.8, 4) is 0 Å². The number of hydrogen-bond acceptors (Lipinski definition) is 5. The van der Waals surface area contributed by atoms with Crippen LogP contribution < -0.4 is 5.32 Å². The molecule has 1 atom stereocenters. The van der Waals surface area contributed by atoms with Gasteiger partial charge < -0.3 is 10.1 Å². The van der Waals surface area contributed by atoms with Crippen molar-refractivity contribution in [1.82, 2.24) is 15.1 Å². The lowest BCUT2D eigenvalue weighted by atomic mass is 10.0. The highest BCUT2D eigenvalue weighted by molar-refractivity contribution is 7.91. The molecule has 0 bridgehead atoms. The molecule has 0 fully saturated rings. The van der Waals surface area contributed by atoms with E-state index in [4.69, 9.17) is 4.74 Å². The van der Waals surface area contributed by atoms with Gasteiger partial charge in [-0.05, 0) is 24.1 Å². The molecule has 1 aliphatic heterocycles. The van der Waals surface area contributed by atoms with Gasteiger partial charge in [-0.25, -0.2) is 8.42 Å². The maximum Gasteiger partial charge on any atom is 0.272 e. The number of aromatic nitrogens is 2. The Hall–Kier alpha value is -2.19. The Bertz CT molecular complexity index is 845. The van der Waals surface area contributed by atoms with Crippen molar-refractivity contribution < 1.29 is 17.9 Å². The summed E-state index contributed by atoms with van der Waals surface area (Å²) in [4.78, 5) is 12.7. The Balaban J connectivity index is 1.77. The molecule has 0 spiro atoms. The van der Waals surface area contributed by atoms with E-state index in [9.17, 15) is 13.2 Å². The van der Waals surface area contributed by atoms with Crippen molar-refractivity contribution in [2.75, 3.05) is 19.5 Å². The van der Waals surface area contributed by atoms with Gasteiger partial charge in [0.05, 0.1) is 29.8 Å². The minimum atomic E-state index is -3.27. The maximum absolute atomic E-state index is 12.4. The van der Waals surface area contributed by atoms with Crippen LogP contribution in [0.4, 0.5) is 0 Å². The van der Waals surface area contributed by atoms with Crippen LogP contribution in [0.1, 0.15) is 28.5 Å². The third-order valence-corrected chi connectivity index (χ3v) is 5.82. The molecule has 7 nitrogen and oxygen atoms in total. The SMILES string of the molecule is COCCn1ccc(C(=O)N[C@@H]2CCS(=O)(=O)c3ccccc32)n1. The number of nitrogens with one attached hydrogen (secondary N) is 1. The summed E-state index contributed by atoms with van der Waals surface area (Å²) in [5, 5.41) is 7.09. The van der Waals surface area contributed by atoms with Crippen molar-refractivity contribution in [3.63, 3.8) is 0 Å². The quantitative estimate of drug-likeness (QED) is 0.875. The van der Waals surface area contributed by atoms with Gasteiger partial charge in [-0.2, -0.15) is 5.10 Å². The van der Waals surface area contributed by atoms with Gasteiger partial charge in [0.25, 0.3) is 5.91 Å². The van der Waals surface area contributed by atoms with Gasteiger partial charge in [0.1, 0.15) is 5.69 Å². The summed E-state index contributed by atoms with van der Waals surface area (Å²) in [7, 11) is -1.66. The molecule has 1 N–H and O–H groups in total. The first-order valence-corrected chi connectivity index (χ1v) is 9.31. The molecule has 0 unspecified atom stereocenters. The Morgan fingerprint density at radius 3 is 2.96 bits per heavy atom. The lowest BCUT2D eigenvalue weighted by Crippen LogP contribution is -2.34. The number of carbonyl (C=O) groups excluding carboxylic acids is 1. The molecule has 0 saturated carbocycles. The summed E-state index contributed by atoms with van der Waals surface area (Å²) in [6.07, 6.45) is 2.07. The molecule has 1 aliphatic rings. The summed E-state index contributed by atoms with van der Waals surface area (Å²) >= 11 is 0. The first-order valence-electron chi connectivity index (χ1n) is 7.66. The van der Waals surface area contributed by atoms with Gasteiger partial charge >= 0.3 is 0 Å². The number of hydrogen-bond donors (Lipinski definition) is 1. The number of rotatable bonds is 5. The molecule has 128 valence electrons. The number of amides is 1. The molecular formula is C16H19N3O4S. The van der Waals surface area contributed by atoms with Crippen molar-refractivity contribution in [1.29, 1.82) is 0 Å². The lowest BCUT2D eigenvalue weighted by molar-refractivity contribution is 0.0928. The van der Waals surface area contributed by atoms with E-state index in [1.807, 2.05) is 0 Å². The Kier molecular flexibility index (Phi) is 4.68. The van der Waals surface area contributed by atoms with Gasteiger partial charge in [0.2, 0.25) is 0 Å². The summed E-state index contributed by atoms with van der Waals surface area (Å²) in [6, 6.07) is 8.10. The summed E-state index contributed by atoms with van der Waals surface area (Å²) < 4.78 is 30.9. The van der Waals surface area contributed by atoms with E-state index >= 15 is 0 Å². The zero-order chi connectivity index (χ0) is 17.2. The smallest absolute Gasteiger partial charge is 0.272 e. The fourth-order valence-corrected chi connectivity index (χ4v) is 4.39. The van der Waals surface area contributed by atoms with Gasteiger partial charge in [-0.15, -0.1) is 0 Å². The zero-order valence-electron chi connectivity index (χ0n) is 13.3. The highest BCUT2D eigenvalue weighted by atomic mass is 32.2. The van der Waals surface area contributed by atoms with Crippen LogP contribution in [0.15, 0.2) is 41.4 Å². The highest BCUT2D eigenvalue weighted by Gasteiger charge is 2.31. The molecule has 8 heteroatoms. The van der Waals surface area contributed by atoms with Gasteiger partial charge in [-0.3, -0.25) is 9.48 Å². The van der Waals surface area contributed by atoms with Gasteiger partial charge in [0.15, 0.2) is 9.84 Å². The molecule has 0 radical (unpaired) electrons. The largest absolute Gasteiger partial charge is 0.383 e. The fraction of sp³-hybridized carbons (Fsp3) is 0.375. The van der Waals surface area contributed by atoms with Crippen molar-refractivity contribution >= 4 is 15.7 Å². The number of sulfone groups is 1. The predicted octanol–water partition coefficient (Wildman–Crippen LogP) is 1.18. The van der Waals surface area contributed by atoms with E-state index in [-0.39, 0.29) is 17.7 Å². The molecule has 0 saturated heterocycles. The number of ether oxygens (including phenoxy) is 1. The lowest BCUT2D eigenvalue weighted by Gasteiger charge is -2.25. The molecule has 0 aliphatic carbocycles. The monoisotopic (exact) mass is 349 g/mol. The molecule has 1 amide bonds. The Labute approximate surface area is 140 Å². The number of fused-ring (bicyclic) bond motifs is 1. The normalized spacial score (nSPS) is 18.8. The van der Waals surface area contributed by atoms with Crippen LogP contribution in [0.3, 0.4) is 0 Å². The maximum atomic E-state index is 12.4. The summed E-state index contributed by atoms with van der Waals surface area (Å²) in [5.41, 5.74) is 0.938. The van der Waals surface area contributed by atoms with Crippen LogP contribution in [-0.4, -0.2) is 43.6 Å². The first kappa shape index (κ1) is 16.7. The summed E-state index contributed by atoms with van der Waals surface area (Å²) in [5.74, 6) is -0.290. The molecule has 3 rings (SSSR count). The van der Waals surface area contributed by atoms with Gasteiger partial charge in [0, 0.05) is 13.3 Å². The number of nitrogens with zero attached hydrogens (tertiary/aromatic N) is 2. The third kappa shape index (κ3) is 3.34. The van der Waals surface area contributed by atoms with Crippen LogP contribution in [-0.2, 0) is 21.1 Å². The van der Waals surface area contributed by atoms with Crippen LogP contribution in [0.2, 0.25) is 0 Å². The fourth-order valence-electron chi connectivity index (χ4n) is 2.76. The van der Waals surface area contributed by atoms with Crippen LogP contribution in [0.25, 0.3) is 0 Å². The van der Waals surface area contributed by atoms with Crippen LogP contribution in [0, 0.1) is 0 Å². The zero-order valence-corrected chi connectivity index (χ0v) is 14.1. The van der Waals surface area contributed by atoms with E-state index in [0.29, 0.717) is 35.7 Å². The number of benzene rings is 1. The minimum absolute atomic E-state index is 0.0250.